The quantitative estimate of drug-likeness (QED) is 0.339. The number of esters is 1. The van der Waals surface area contributed by atoms with Crippen molar-refractivity contribution in [3.8, 4) is 0 Å². The van der Waals surface area contributed by atoms with Crippen molar-refractivity contribution in [3.63, 3.8) is 0 Å². The van der Waals surface area contributed by atoms with E-state index >= 15 is 0 Å². The molecular weight excluding hydrogens is 436 g/mol. The summed E-state index contributed by atoms with van der Waals surface area (Å²) >= 11 is 1.40. The summed E-state index contributed by atoms with van der Waals surface area (Å²) in [6, 6.07) is 21.5. The number of hydrogen-bond acceptors (Lipinski definition) is 5. The van der Waals surface area contributed by atoms with E-state index in [1.807, 2.05) is 56.3 Å². The van der Waals surface area contributed by atoms with Crippen molar-refractivity contribution in [2.75, 3.05) is 17.7 Å². The van der Waals surface area contributed by atoms with Crippen LogP contribution < -0.4 is 10.6 Å². The number of nitrogens with one attached hydrogen (secondary N) is 2. The summed E-state index contributed by atoms with van der Waals surface area (Å²) < 4.78 is 4.79. The van der Waals surface area contributed by atoms with E-state index in [2.05, 4.69) is 10.6 Å². The van der Waals surface area contributed by atoms with Gasteiger partial charge in [0.1, 0.15) is 0 Å². The largest absolute Gasteiger partial charge is 0.465 e. The van der Waals surface area contributed by atoms with E-state index in [9.17, 15) is 14.4 Å². The maximum absolute atomic E-state index is 12.9. The third-order valence-corrected chi connectivity index (χ3v) is 6.26. The molecule has 33 heavy (non-hydrogen) atoms. The monoisotopic (exact) mass is 462 g/mol. The van der Waals surface area contributed by atoms with Crippen LogP contribution in [-0.2, 0) is 9.53 Å². The lowest BCUT2D eigenvalue weighted by atomic mass is 10.1. The standard InChI is InChI=1S/C26H26N2O4S/c1-4-23(25(30)28-22-14-6-5-13-21(22)26(31)32-3)33-20-12-8-11-19(16-20)27-24(29)18-10-7-9-17(2)15-18/h5-16,23H,4H2,1-3H3,(H,27,29)(H,28,30). The van der Waals surface area contributed by atoms with Crippen LogP contribution in [0.25, 0.3) is 0 Å². The number of aryl methyl sites for hydroxylation is 1. The number of para-hydroxylation sites is 1. The second-order valence-corrected chi connectivity index (χ2v) is 8.67. The van der Waals surface area contributed by atoms with Gasteiger partial charge in [-0.15, -0.1) is 11.8 Å². The van der Waals surface area contributed by atoms with Gasteiger partial charge in [0.2, 0.25) is 5.91 Å². The summed E-state index contributed by atoms with van der Waals surface area (Å²) in [6.45, 7) is 3.86. The van der Waals surface area contributed by atoms with Gasteiger partial charge in [-0.3, -0.25) is 9.59 Å². The zero-order valence-electron chi connectivity index (χ0n) is 18.8. The van der Waals surface area contributed by atoms with Gasteiger partial charge >= 0.3 is 5.97 Å². The molecule has 3 aromatic rings. The molecule has 0 spiro atoms. The first-order valence-corrected chi connectivity index (χ1v) is 11.4. The van der Waals surface area contributed by atoms with Crippen LogP contribution in [0.3, 0.4) is 0 Å². The van der Waals surface area contributed by atoms with Crippen LogP contribution in [0, 0.1) is 6.92 Å². The van der Waals surface area contributed by atoms with E-state index in [4.69, 9.17) is 4.74 Å². The van der Waals surface area contributed by atoms with Gasteiger partial charge in [-0.1, -0.05) is 42.8 Å². The van der Waals surface area contributed by atoms with Crippen molar-refractivity contribution in [3.05, 3.63) is 89.5 Å². The van der Waals surface area contributed by atoms with Crippen molar-refractivity contribution in [1.82, 2.24) is 0 Å². The number of anilines is 2. The smallest absolute Gasteiger partial charge is 0.339 e. The molecule has 0 radical (unpaired) electrons. The molecule has 0 saturated heterocycles. The molecule has 0 bridgehead atoms. The molecule has 0 aromatic heterocycles. The van der Waals surface area contributed by atoms with Crippen molar-refractivity contribution in [2.24, 2.45) is 0 Å². The molecular formula is C26H26N2O4S. The number of hydrogen-bond donors (Lipinski definition) is 2. The summed E-state index contributed by atoms with van der Waals surface area (Å²) in [6.07, 6.45) is 0.580. The molecule has 2 amide bonds. The van der Waals surface area contributed by atoms with Crippen molar-refractivity contribution in [2.45, 2.75) is 30.4 Å². The first-order valence-electron chi connectivity index (χ1n) is 10.5. The number of amides is 2. The summed E-state index contributed by atoms with van der Waals surface area (Å²) in [5, 5.41) is 5.36. The molecule has 0 fully saturated rings. The Morgan fingerprint density at radius 2 is 1.70 bits per heavy atom. The summed E-state index contributed by atoms with van der Waals surface area (Å²) in [7, 11) is 1.30. The highest BCUT2D eigenvalue weighted by Gasteiger charge is 2.21. The van der Waals surface area contributed by atoms with E-state index in [1.54, 1.807) is 30.3 Å². The first kappa shape index (κ1) is 24.1. The highest BCUT2D eigenvalue weighted by molar-refractivity contribution is 8.00. The van der Waals surface area contributed by atoms with E-state index in [0.29, 0.717) is 28.9 Å². The van der Waals surface area contributed by atoms with Crippen LogP contribution in [0.15, 0.2) is 77.7 Å². The lowest BCUT2D eigenvalue weighted by molar-refractivity contribution is -0.115. The summed E-state index contributed by atoms with van der Waals surface area (Å²) in [5.74, 6) is -0.915. The summed E-state index contributed by atoms with van der Waals surface area (Å²) in [5.41, 5.74) is 2.96. The lowest BCUT2D eigenvalue weighted by Gasteiger charge is -2.17. The van der Waals surface area contributed by atoms with Gasteiger partial charge in [0, 0.05) is 16.1 Å². The highest BCUT2D eigenvalue weighted by Crippen LogP contribution is 2.29. The Labute approximate surface area is 197 Å². The molecule has 170 valence electrons. The third kappa shape index (κ3) is 6.46. The Morgan fingerprint density at radius 3 is 2.42 bits per heavy atom. The van der Waals surface area contributed by atoms with Gasteiger partial charge in [0.05, 0.1) is 23.6 Å². The molecule has 0 saturated carbocycles. The maximum atomic E-state index is 12.9. The van der Waals surface area contributed by atoms with Crippen molar-refractivity contribution >= 4 is 40.9 Å². The summed E-state index contributed by atoms with van der Waals surface area (Å²) in [4.78, 5) is 38.3. The Bertz CT molecular complexity index is 1160. The van der Waals surface area contributed by atoms with E-state index in [1.165, 1.54) is 18.9 Å². The minimum absolute atomic E-state index is 0.190. The molecule has 2 N–H and O–H groups in total. The Hall–Kier alpha value is -3.58. The zero-order chi connectivity index (χ0) is 23.8. The second kappa shape index (κ2) is 11.3. The van der Waals surface area contributed by atoms with Gasteiger partial charge in [-0.25, -0.2) is 4.79 Å². The van der Waals surface area contributed by atoms with E-state index in [0.717, 1.165) is 10.5 Å². The molecule has 3 aromatic carbocycles. The normalized spacial score (nSPS) is 11.4. The molecule has 1 unspecified atom stereocenters. The topological polar surface area (TPSA) is 84.5 Å². The predicted molar refractivity (Wildman–Crippen MR) is 132 cm³/mol. The van der Waals surface area contributed by atoms with Crippen LogP contribution >= 0.6 is 11.8 Å². The van der Waals surface area contributed by atoms with Crippen molar-refractivity contribution in [1.29, 1.82) is 0 Å². The fourth-order valence-corrected chi connectivity index (χ4v) is 4.23. The number of carbonyl (C=O) groups excluding carboxylic acids is 3. The third-order valence-electron chi connectivity index (χ3n) is 4.90. The average Bonchev–Trinajstić information content (AvgIpc) is 2.82. The molecule has 0 aliphatic rings. The van der Waals surface area contributed by atoms with Crippen LogP contribution in [-0.4, -0.2) is 30.1 Å². The second-order valence-electron chi connectivity index (χ2n) is 7.39. The molecule has 1 atom stereocenters. The minimum atomic E-state index is -0.511. The van der Waals surface area contributed by atoms with Gasteiger partial charge in [0.15, 0.2) is 0 Å². The van der Waals surface area contributed by atoms with Gasteiger partial charge < -0.3 is 15.4 Å². The number of ether oxygens (including phenoxy) is 1. The van der Waals surface area contributed by atoms with Crippen LogP contribution in [0.1, 0.15) is 39.6 Å². The van der Waals surface area contributed by atoms with Gasteiger partial charge in [-0.05, 0) is 55.8 Å². The number of methoxy groups -OCH3 is 1. The fraction of sp³-hybridized carbons (Fsp3) is 0.192. The Kier molecular flexibility index (Phi) is 8.27. The highest BCUT2D eigenvalue weighted by atomic mass is 32.2. The Balaban J connectivity index is 1.70. The molecule has 0 aliphatic heterocycles. The average molecular weight is 463 g/mol. The minimum Gasteiger partial charge on any atom is -0.465 e. The Morgan fingerprint density at radius 1 is 0.939 bits per heavy atom. The van der Waals surface area contributed by atoms with Crippen molar-refractivity contribution < 1.29 is 19.1 Å². The molecule has 0 heterocycles. The number of carbonyl (C=O) groups is 3. The fourth-order valence-electron chi connectivity index (χ4n) is 3.22. The molecule has 0 aliphatic carbocycles. The predicted octanol–water partition coefficient (Wildman–Crippen LogP) is 5.54. The zero-order valence-corrected chi connectivity index (χ0v) is 19.6. The van der Waals surface area contributed by atoms with Crippen LogP contribution in [0.5, 0.6) is 0 Å². The maximum Gasteiger partial charge on any atom is 0.339 e. The number of rotatable bonds is 8. The molecule has 6 nitrogen and oxygen atoms in total. The van der Waals surface area contributed by atoms with E-state index < -0.39 is 11.2 Å². The lowest BCUT2D eigenvalue weighted by Crippen LogP contribution is -2.25. The van der Waals surface area contributed by atoms with E-state index in [-0.39, 0.29) is 11.8 Å². The van der Waals surface area contributed by atoms with Gasteiger partial charge in [0.25, 0.3) is 5.91 Å². The molecule has 7 heteroatoms. The number of benzene rings is 3. The van der Waals surface area contributed by atoms with Gasteiger partial charge in [-0.2, -0.15) is 0 Å². The van der Waals surface area contributed by atoms with Crippen LogP contribution in [0.4, 0.5) is 11.4 Å². The first-order chi connectivity index (χ1) is 15.9. The molecule has 3 rings (SSSR count). The van der Waals surface area contributed by atoms with Crippen LogP contribution in [0.2, 0.25) is 0 Å². The number of thioether (sulfide) groups is 1. The SMILES string of the molecule is CCC(Sc1cccc(NC(=O)c2cccc(C)c2)c1)C(=O)Nc1ccccc1C(=O)OC.